The number of carbonyl (C=O) groups excluding carboxylic acids is 1. The first kappa shape index (κ1) is 23.9. The van der Waals surface area contributed by atoms with Gasteiger partial charge in [-0.25, -0.2) is 17.5 Å². The van der Waals surface area contributed by atoms with Crippen molar-refractivity contribution in [3.8, 4) is 0 Å². The van der Waals surface area contributed by atoms with Crippen LogP contribution in [0, 0.1) is 12.7 Å². The molecule has 32 heavy (non-hydrogen) atoms. The summed E-state index contributed by atoms with van der Waals surface area (Å²) < 4.78 is 42.3. The maximum atomic E-state index is 14.4. The average molecular weight is 475 g/mol. The molecule has 0 saturated carbocycles. The number of carbonyl (C=O) groups is 1. The van der Waals surface area contributed by atoms with Crippen LogP contribution in [-0.4, -0.2) is 20.9 Å². The highest BCUT2D eigenvalue weighted by atomic mass is 35.5. The lowest BCUT2D eigenvalue weighted by atomic mass is 10.1. The van der Waals surface area contributed by atoms with Crippen molar-refractivity contribution in [2.24, 2.45) is 0 Å². The summed E-state index contributed by atoms with van der Waals surface area (Å²) in [4.78, 5) is 12.6. The Morgan fingerprint density at radius 1 is 1.06 bits per heavy atom. The normalized spacial score (nSPS) is 11.4. The quantitative estimate of drug-likeness (QED) is 0.475. The zero-order valence-electron chi connectivity index (χ0n) is 17.8. The molecule has 0 fully saturated rings. The second kappa shape index (κ2) is 10.3. The van der Waals surface area contributed by atoms with Gasteiger partial charge in [-0.05, 0) is 66.8 Å². The van der Waals surface area contributed by atoms with E-state index in [0.29, 0.717) is 23.6 Å². The molecule has 3 aromatic carbocycles. The van der Waals surface area contributed by atoms with E-state index in [0.717, 1.165) is 34.9 Å². The zero-order chi connectivity index (χ0) is 23.3. The fourth-order valence-electron chi connectivity index (χ4n) is 3.29. The Kier molecular flexibility index (Phi) is 7.66. The largest absolute Gasteiger partial charge is 0.321 e. The van der Waals surface area contributed by atoms with Crippen molar-refractivity contribution < 1.29 is 17.6 Å². The summed E-state index contributed by atoms with van der Waals surface area (Å²) in [6.45, 7) is 3.94. The highest BCUT2D eigenvalue weighted by Gasteiger charge is 2.20. The summed E-state index contributed by atoms with van der Waals surface area (Å²) in [6.07, 6.45) is 1.14. The molecule has 0 atom stereocenters. The molecule has 0 aromatic heterocycles. The summed E-state index contributed by atoms with van der Waals surface area (Å²) >= 11 is 5.85. The van der Waals surface area contributed by atoms with Gasteiger partial charge in [-0.1, -0.05) is 48.9 Å². The van der Waals surface area contributed by atoms with E-state index >= 15 is 0 Å². The Morgan fingerprint density at radius 3 is 2.47 bits per heavy atom. The molecule has 0 saturated heterocycles. The molecule has 0 unspecified atom stereocenters. The van der Waals surface area contributed by atoms with E-state index in [1.54, 1.807) is 12.1 Å². The van der Waals surface area contributed by atoms with Crippen LogP contribution in [0.15, 0.2) is 65.6 Å². The molecule has 5 nitrogen and oxygen atoms in total. The Balaban J connectivity index is 1.77. The lowest BCUT2D eigenvalue weighted by Gasteiger charge is -2.14. The van der Waals surface area contributed by atoms with Crippen LogP contribution in [0.25, 0.3) is 0 Å². The number of amides is 1. The van der Waals surface area contributed by atoms with Crippen LogP contribution >= 0.6 is 11.6 Å². The monoisotopic (exact) mass is 474 g/mol. The van der Waals surface area contributed by atoms with Gasteiger partial charge in [0, 0.05) is 17.3 Å². The first-order valence-electron chi connectivity index (χ1n) is 10.1. The summed E-state index contributed by atoms with van der Waals surface area (Å²) in [5.41, 5.74) is 2.93. The van der Waals surface area contributed by atoms with Gasteiger partial charge in [0.2, 0.25) is 10.0 Å². The Hall–Kier alpha value is -2.74. The third-order valence-corrected chi connectivity index (χ3v) is 6.80. The molecular formula is C24H24ClFN2O3S. The number of halogens is 2. The number of hydrogen-bond donors (Lipinski definition) is 2. The van der Waals surface area contributed by atoms with Gasteiger partial charge in [0.15, 0.2) is 0 Å². The molecule has 0 aliphatic carbocycles. The first-order valence-corrected chi connectivity index (χ1v) is 12.0. The van der Waals surface area contributed by atoms with Crippen molar-refractivity contribution in [2.45, 2.75) is 31.6 Å². The summed E-state index contributed by atoms with van der Waals surface area (Å²) in [7, 11) is -3.93. The molecular weight excluding hydrogens is 451 g/mol. The van der Waals surface area contributed by atoms with Gasteiger partial charge in [-0.15, -0.1) is 0 Å². The molecule has 8 heteroatoms. The molecule has 0 heterocycles. The predicted molar refractivity (Wildman–Crippen MR) is 125 cm³/mol. The maximum absolute atomic E-state index is 14.4. The number of aryl methyl sites for hydroxylation is 2. The number of sulfonamides is 1. The Bertz CT molecular complexity index is 1230. The molecule has 1 amide bonds. The zero-order valence-corrected chi connectivity index (χ0v) is 19.4. The summed E-state index contributed by atoms with van der Waals surface area (Å²) in [5, 5.41) is 3.33. The molecule has 3 aromatic rings. The third-order valence-electron chi connectivity index (χ3n) is 5.09. The van der Waals surface area contributed by atoms with Gasteiger partial charge in [-0.3, -0.25) is 4.79 Å². The molecule has 0 aliphatic rings. The van der Waals surface area contributed by atoms with E-state index in [2.05, 4.69) is 10.0 Å². The van der Waals surface area contributed by atoms with E-state index in [4.69, 9.17) is 11.6 Å². The van der Waals surface area contributed by atoms with E-state index in [1.807, 2.05) is 44.2 Å². The van der Waals surface area contributed by atoms with Gasteiger partial charge >= 0.3 is 0 Å². The van der Waals surface area contributed by atoms with Gasteiger partial charge in [0.1, 0.15) is 5.82 Å². The number of para-hydroxylation sites is 1. The van der Waals surface area contributed by atoms with Crippen molar-refractivity contribution in [3.63, 3.8) is 0 Å². The van der Waals surface area contributed by atoms with E-state index in [9.17, 15) is 17.6 Å². The summed E-state index contributed by atoms with van der Waals surface area (Å²) in [5.74, 6) is -1.50. The van der Waals surface area contributed by atoms with Crippen LogP contribution < -0.4 is 10.0 Å². The van der Waals surface area contributed by atoms with Crippen LogP contribution in [0.5, 0.6) is 0 Å². The number of benzene rings is 3. The molecule has 0 bridgehead atoms. The minimum absolute atomic E-state index is 0.145. The summed E-state index contributed by atoms with van der Waals surface area (Å²) in [6, 6.07) is 15.9. The second-order valence-corrected chi connectivity index (χ2v) is 9.54. The smallest absolute Gasteiger partial charge is 0.258 e. The average Bonchev–Trinajstić information content (AvgIpc) is 2.76. The highest BCUT2D eigenvalue weighted by Crippen LogP contribution is 2.23. The minimum atomic E-state index is -3.93. The van der Waals surface area contributed by atoms with Crippen molar-refractivity contribution in [1.82, 2.24) is 4.72 Å². The predicted octanol–water partition coefficient (Wildman–Crippen LogP) is 5.12. The number of anilines is 1. The molecule has 0 spiro atoms. The Labute approximate surface area is 192 Å². The molecule has 0 aliphatic heterocycles. The van der Waals surface area contributed by atoms with E-state index in [1.165, 1.54) is 0 Å². The van der Waals surface area contributed by atoms with Crippen LogP contribution in [0.2, 0.25) is 5.02 Å². The maximum Gasteiger partial charge on any atom is 0.258 e. The van der Waals surface area contributed by atoms with Crippen molar-refractivity contribution in [3.05, 3.63) is 93.8 Å². The molecule has 3 rings (SSSR count). The van der Waals surface area contributed by atoms with Gasteiger partial charge in [0.25, 0.3) is 5.91 Å². The van der Waals surface area contributed by atoms with Gasteiger partial charge < -0.3 is 5.32 Å². The topological polar surface area (TPSA) is 75.3 Å². The lowest BCUT2D eigenvalue weighted by Crippen LogP contribution is -2.26. The standard InChI is InChI=1S/C24H24ClFN2O3S/c1-3-18-6-4-5-16(2)23(18)28-24(29)21-15-20(11-12-22(21)26)32(30,31)27-14-13-17-7-9-19(25)10-8-17/h4-12,15,27H,3,13-14H2,1-2H3,(H,28,29). The highest BCUT2D eigenvalue weighted by molar-refractivity contribution is 7.89. The van der Waals surface area contributed by atoms with E-state index in [-0.39, 0.29) is 17.0 Å². The van der Waals surface area contributed by atoms with Crippen molar-refractivity contribution in [1.29, 1.82) is 0 Å². The van der Waals surface area contributed by atoms with Gasteiger partial charge in [-0.2, -0.15) is 0 Å². The first-order chi connectivity index (χ1) is 15.2. The molecule has 2 N–H and O–H groups in total. The second-order valence-electron chi connectivity index (χ2n) is 7.33. The molecule has 0 radical (unpaired) electrons. The lowest BCUT2D eigenvalue weighted by molar-refractivity contribution is 0.102. The minimum Gasteiger partial charge on any atom is -0.321 e. The fourth-order valence-corrected chi connectivity index (χ4v) is 4.48. The van der Waals surface area contributed by atoms with Gasteiger partial charge in [0.05, 0.1) is 10.5 Å². The fraction of sp³-hybridized carbons (Fsp3) is 0.208. The van der Waals surface area contributed by atoms with Crippen LogP contribution in [-0.2, 0) is 22.9 Å². The van der Waals surface area contributed by atoms with Crippen LogP contribution in [0.1, 0.15) is 34.0 Å². The van der Waals surface area contributed by atoms with Crippen LogP contribution in [0.4, 0.5) is 10.1 Å². The number of nitrogens with one attached hydrogen (secondary N) is 2. The van der Waals surface area contributed by atoms with Crippen molar-refractivity contribution >= 4 is 33.2 Å². The van der Waals surface area contributed by atoms with Crippen molar-refractivity contribution in [2.75, 3.05) is 11.9 Å². The van der Waals surface area contributed by atoms with E-state index < -0.39 is 21.7 Å². The van der Waals surface area contributed by atoms with Crippen LogP contribution in [0.3, 0.4) is 0 Å². The third kappa shape index (κ3) is 5.73. The molecule has 168 valence electrons. The SMILES string of the molecule is CCc1cccc(C)c1NC(=O)c1cc(S(=O)(=O)NCCc2ccc(Cl)cc2)ccc1F. The Morgan fingerprint density at radius 2 is 1.78 bits per heavy atom. The number of hydrogen-bond acceptors (Lipinski definition) is 3. The number of rotatable bonds is 8.